The number of allylic oxidation sites excluding steroid dienone is 2. The van der Waals surface area contributed by atoms with Gasteiger partial charge in [0.1, 0.15) is 5.75 Å². The molecule has 3 heterocycles. The molecular formula is C45H43ClN4O5. The van der Waals surface area contributed by atoms with Crippen LogP contribution in [0.25, 0.3) is 0 Å². The number of aryl methyl sites for hydroxylation is 1. The van der Waals surface area contributed by atoms with E-state index in [-0.39, 0.29) is 30.0 Å². The molecule has 0 radical (unpaired) electrons. The Kier molecular flexibility index (Phi) is 8.89. The Balaban J connectivity index is 1.11. The van der Waals surface area contributed by atoms with Crippen LogP contribution in [0.2, 0.25) is 5.02 Å². The van der Waals surface area contributed by atoms with Crippen molar-refractivity contribution in [1.29, 1.82) is 0 Å². The molecule has 1 saturated carbocycles. The number of nitrogens with one attached hydrogen (secondary N) is 1. The van der Waals surface area contributed by atoms with Crippen molar-refractivity contribution in [2.24, 2.45) is 23.7 Å². The summed E-state index contributed by atoms with van der Waals surface area (Å²) in [7, 11) is 0. The highest BCUT2D eigenvalue weighted by molar-refractivity contribution is 6.30. The monoisotopic (exact) mass is 754 g/mol. The lowest BCUT2D eigenvalue weighted by Gasteiger charge is -2.50. The Morgan fingerprint density at radius 2 is 1.51 bits per heavy atom. The molecule has 9 nitrogen and oxygen atoms in total. The van der Waals surface area contributed by atoms with E-state index in [0.29, 0.717) is 41.1 Å². The standard InChI is InChI=1S/C45H43ClN4O5/c1-27-12-15-31(16-13-27)47-50-42(53)37-25-35-33(40(36-24-30(46)14-19-38(36)51)45(37,44(50)55)29-10-6-3-7-11-29)17-18-34-39(35)43(54)49(41(34)52)32-20-22-48(23-21-32)26-28-8-4-2-5-9-28/h2-17,19,24,32,34-35,37,39-40,47,51H,18,20-23,25-26H2,1H3. The lowest BCUT2D eigenvalue weighted by molar-refractivity contribution is -0.144. The number of likely N-dealkylation sites (tertiary alicyclic amines) is 2. The summed E-state index contributed by atoms with van der Waals surface area (Å²) in [5, 5.41) is 13.1. The lowest BCUT2D eigenvalue weighted by Crippen LogP contribution is -2.53. The molecular weight excluding hydrogens is 712 g/mol. The molecule has 0 aromatic heterocycles. The maximum absolute atomic E-state index is 15.3. The van der Waals surface area contributed by atoms with E-state index >= 15 is 4.79 Å². The predicted molar refractivity (Wildman–Crippen MR) is 209 cm³/mol. The second-order valence-electron chi connectivity index (χ2n) is 15.8. The lowest BCUT2D eigenvalue weighted by atomic mass is 9.49. The third-order valence-corrected chi connectivity index (χ3v) is 13.1. The molecule has 6 unspecified atom stereocenters. The number of halogens is 1. The topological polar surface area (TPSA) is 110 Å². The molecule has 4 aromatic rings. The molecule has 2 N–H and O–H groups in total. The van der Waals surface area contributed by atoms with E-state index in [0.717, 1.165) is 35.8 Å². The number of benzene rings is 4. The Hall–Kier alpha value is -5.25. The predicted octanol–water partition coefficient (Wildman–Crippen LogP) is 7.00. The van der Waals surface area contributed by atoms with Gasteiger partial charge in [-0.3, -0.25) is 34.4 Å². The van der Waals surface area contributed by atoms with Crippen LogP contribution in [-0.2, 0) is 31.1 Å². The van der Waals surface area contributed by atoms with Gasteiger partial charge >= 0.3 is 0 Å². The Morgan fingerprint density at radius 3 is 2.22 bits per heavy atom. The van der Waals surface area contributed by atoms with Crippen molar-refractivity contribution in [2.45, 2.75) is 56.5 Å². The van der Waals surface area contributed by atoms with Crippen molar-refractivity contribution in [1.82, 2.24) is 14.8 Å². The first-order valence-electron chi connectivity index (χ1n) is 19.3. The van der Waals surface area contributed by atoms with Gasteiger partial charge in [-0.1, -0.05) is 102 Å². The number of nitrogens with zero attached hydrogens (tertiary/aromatic N) is 3. The SMILES string of the molecule is Cc1ccc(NN2C(=O)C3CC4C(=CCC5C(=O)N(C6CCN(Cc7ccccc7)CC6)C(=O)C54)C(c4cc(Cl)ccc4O)C3(c3ccccc3)C2=O)cc1. The number of anilines is 1. The van der Waals surface area contributed by atoms with Crippen molar-refractivity contribution in [3.05, 3.63) is 142 Å². The maximum atomic E-state index is 15.3. The number of phenols is 1. The summed E-state index contributed by atoms with van der Waals surface area (Å²) in [6.07, 6.45) is 3.92. The Labute approximate surface area is 325 Å². The minimum absolute atomic E-state index is 0.0602. The Morgan fingerprint density at radius 1 is 0.818 bits per heavy atom. The van der Waals surface area contributed by atoms with Gasteiger partial charge in [0.15, 0.2) is 0 Å². The summed E-state index contributed by atoms with van der Waals surface area (Å²) in [4.78, 5) is 63.2. The number of aromatic hydroxyl groups is 1. The minimum Gasteiger partial charge on any atom is -0.508 e. The number of hydrogen-bond acceptors (Lipinski definition) is 7. The van der Waals surface area contributed by atoms with Gasteiger partial charge in [0.05, 0.1) is 28.9 Å². The molecule has 0 spiro atoms. The van der Waals surface area contributed by atoms with E-state index in [1.807, 2.05) is 85.8 Å². The molecule has 2 aliphatic carbocycles. The highest BCUT2D eigenvalue weighted by atomic mass is 35.5. The summed E-state index contributed by atoms with van der Waals surface area (Å²) in [5.74, 6) is -4.79. The molecule has 4 fully saturated rings. The minimum atomic E-state index is -1.48. The molecule has 280 valence electrons. The van der Waals surface area contributed by atoms with Gasteiger partial charge in [0, 0.05) is 42.2 Å². The third-order valence-electron chi connectivity index (χ3n) is 12.9. The van der Waals surface area contributed by atoms with Crippen LogP contribution in [0.3, 0.4) is 0 Å². The second kappa shape index (κ2) is 13.8. The largest absolute Gasteiger partial charge is 0.508 e. The number of imide groups is 2. The van der Waals surface area contributed by atoms with E-state index in [1.54, 1.807) is 17.0 Å². The summed E-state index contributed by atoms with van der Waals surface area (Å²) in [6.45, 7) is 4.33. The number of hydrazine groups is 1. The third kappa shape index (κ3) is 5.70. The first-order valence-corrected chi connectivity index (χ1v) is 19.6. The van der Waals surface area contributed by atoms with Crippen LogP contribution in [0.5, 0.6) is 5.75 Å². The molecule has 10 heteroatoms. The van der Waals surface area contributed by atoms with Crippen molar-refractivity contribution in [3.8, 4) is 5.75 Å². The highest BCUT2D eigenvalue weighted by Crippen LogP contribution is 2.65. The number of phenolic OH excluding ortho intramolecular Hbond substituents is 1. The van der Waals surface area contributed by atoms with Gasteiger partial charge < -0.3 is 5.11 Å². The van der Waals surface area contributed by atoms with Crippen LogP contribution in [-0.4, -0.2) is 62.7 Å². The summed E-state index contributed by atoms with van der Waals surface area (Å²) in [5.41, 5.74) is 6.32. The molecule has 9 rings (SSSR count). The zero-order valence-corrected chi connectivity index (χ0v) is 31.4. The zero-order valence-electron chi connectivity index (χ0n) is 30.6. The first-order chi connectivity index (χ1) is 26.7. The fourth-order valence-corrected chi connectivity index (χ4v) is 10.6. The normalized spacial score (nSPS) is 28.2. The molecule has 4 amide bonds. The van der Waals surface area contributed by atoms with Gasteiger partial charge in [0.2, 0.25) is 11.8 Å². The number of rotatable bonds is 7. The number of carbonyl (C=O) groups excluding carboxylic acids is 4. The van der Waals surface area contributed by atoms with Crippen LogP contribution in [0, 0.1) is 30.6 Å². The van der Waals surface area contributed by atoms with Crippen LogP contribution in [0.15, 0.2) is 115 Å². The van der Waals surface area contributed by atoms with Gasteiger partial charge in [-0.2, -0.15) is 5.01 Å². The smallest absolute Gasteiger partial charge is 0.260 e. The van der Waals surface area contributed by atoms with E-state index < -0.39 is 46.8 Å². The average Bonchev–Trinajstić information content (AvgIpc) is 3.58. The van der Waals surface area contributed by atoms with Crippen LogP contribution in [0.4, 0.5) is 5.69 Å². The summed E-state index contributed by atoms with van der Waals surface area (Å²) >= 11 is 6.64. The van der Waals surface area contributed by atoms with E-state index in [1.165, 1.54) is 11.6 Å². The fraction of sp³-hybridized carbons (Fsp3) is 0.333. The van der Waals surface area contributed by atoms with Crippen LogP contribution < -0.4 is 5.43 Å². The van der Waals surface area contributed by atoms with Crippen LogP contribution in [0.1, 0.15) is 53.9 Å². The number of amides is 4. The molecule has 6 atom stereocenters. The zero-order chi connectivity index (χ0) is 38.0. The Bertz CT molecular complexity index is 2200. The molecule has 0 bridgehead atoms. The van der Waals surface area contributed by atoms with Gasteiger partial charge in [-0.15, -0.1) is 0 Å². The van der Waals surface area contributed by atoms with E-state index in [4.69, 9.17) is 11.6 Å². The molecule has 5 aliphatic rings. The molecule has 4 aromatic carbocycles. The first kappa shape index (κ1) is 35.5. The fourth-order valence-electron chi connectivity index (χ4n) is 10.4. The molecule has 3 saturated heterocycles. The van der Waals surface area contributed by atoms with Crippen molar-refractivity contribution in [2.75, 3.05) is 18.5 Å². The van der Waals surface area contributed by atoms with Gasteiger partial charge in [0.25, 0.3) is 11.8 Å². The van der Waals surface area contributed by atoms with E-state index in [9.17, 15) is 19.5 Å². The number of hydrogen-bond donors (Lipinski definition) is 2. The van der Waals surface area contributed by atoms with Crippen molar-refractivity contribution in [3.63, 3.8) is 0 Å². The van der Waals surface area contributed by atoms with E-state index in [2.05, 4.69) is 22.5 Å². The number of fused-ring (bicyclic) bond motifs is 4. The quantitative estimate of drug-likeness (QED) is 0.155. The van der Waals surface area contributed by atoms with Crippen molar-refractivity contribution >= 4 is 40.9 Å². The summed E-state index contributed by atoms with van der Waals surface area (Å²) in [6, 6.07) is 31.6. The van der Waals surface area contributed by atoms with Crippen LogP contribution >= 0.6 is 11.6 Å². The van der Waals surface area contributed by atoms with Gasteiger partial charge in [-0.25, -0.2) is 0 Å². The van der Waals surface area contributed by atoms with Crippen molar-refractivity contribution < 1.29 is 24.3 Å². The summed E-state index contributed by atoms with van der Waals surface area (Å²) < 4.78 is 0. The maximum Gasteiger partial charge on any atom is 0.260 e. The highest BCUT2D eigenvalue weighted by Gasteiger charge is 2.70. The van der Waals surface area contributed by atoms with Gasteiger partial charge in [-0.05, 0) is 80.0 Å². The molecule has 55 heavy (non-hydrogen) atoms. The number of carbonyl (C=O) groups is 4. The number of piperidine rings is 1. The average molecular weight is 755 g/mol. The second-order valence-corrected chi connectivity index (χ2v) is 16.3. The molecule has 3 aliphatic heterocycles.